The number of nitrogens with zero attached hydrogens (tertiary/aromatic N) is 1. The van der Waals surface area contributed by atoms with E-state index in [0.717, 1.165) is 10.0 Å². The van der Waals surface area contributed by atoms with Crippen LogP contribution in [0.2, 0.25) is 0 Å². The lowest BCUT2D eigenvalue weighted by Crippen LogP contribution is -2.18. The van der Waals surface area contributed by atoms with Crippen LogP contribution in [0, 0.1) is 0 Å². The lowest BCUT2D eigenvalue weighted by molar-refractivity contribution is 0.0963. The summed E-state index contributed by atoms with van der Waals surface area (Å²) < 4.78 is 6.83. The first-order chi connectivity index (χ1) is 10.7. The second-order valence-electron chi connectivity index (χ2n) is 4.66. The fraction of sp³-hybridized carbons (Fsp3) is 0.0588. The van der Waals surface area contributed by atoms with Crippen LogP contribution < -0.4 is 5.32 Å². The second-order valence-corrected chi connectivity index (χ2v) is 5.58. The Morgan fingerprint density at radius 2 is 1.86 bits per heavy atom. The average molecular weight is 357 g/mol. The maximum atomic E-state index is 11.9. The normalized spacial score (nSPS) is 10.5. The molecular formula is C17H13BrN2O2. The predicted octanol–water partition coefficient (Wildman–Crippen LogP) is 4.13. The van der Waals surface area contributed by atoms with E-state index in [0.29, 0.717) is 22.8 Å². The highest BCUT2D eigenvalue weighted by atomic mass is 79.9. The summed E-state index contributed by atoms with van der Waals surface area (Å²) in [7, 11) is 1.60. The van der Waals surface area contributed by atoms with Crippen LogP contribution in [0.25, 0.3) is 22.8 Å². The lowest BCUT2D eigenvalue weighted by atomic mass is 10.1. The molecule has 22 heavy (non-hydrogen) atoms. The third kappa shape index (κ3) is 2.80. The molecular weight excluding hydrogens is 344 g/mol. The molecule has 0 aliphatic carbocycles. The Hall–Kier alpha value is -2.40. The van der Waals surface area contributed by atoms with E-state index in [2.05, 4.69) is 26.2 Å². The monoisotopic (exact) mass is 356 g/mol. The minimum Gasteiger partial charge on any atom is -0.436 e. The van der Waals surface area contributed by atoms with Crippen LogP contribution in [-0.4, -0.2) is 17.9 Å². The summed E-state index contributed by atoms with van der Waals surface area (Å²) in [4.78, 5) is 16.2. The number of benzene rings is 2. The van der Waals surface area contributed by atoms with Gasteiger partial charge in [0, 0.05) is 22.6 Å². The number of hydrogen-bond acceptors (Lipinski definition) is 3. The van der Waals surface area contributed by atoms with E-state index in [-0.39, 0.29) is 5.91 Å². The predicted molar refractivity (Wildman–Crippen MR) is 88.5 cm³/mol. The number of hydrogen-bond donors (Lipinski definition) is 1. The largest absolute Gasteiger partial charge is 0.436 e. The number of halogens is 1. The highest BCUT2D eigenvalue weighted by molar-refractivity contribution is 9.10. The van der Waals surface area contributed by atoms with Crippen LogP contribution in [0.15, 0.2) is 63.6 Å². The first-order valence-electron chi connectivity index (χ1n) is 6.72. The van der Waals surface area contributed by atoms with Crippen molar-refractivity contribution in [3.8, 4) is 22.8 Å². The van der Waals surface area contributed by atoms with E-state index in [1.54, 1.807) is 19.3 Å². The molecule has 0 bridgehead atoms. The van der Waals surface area contributed by atoms with Crippen LogP contribution in [0.1, 0.15) is 10.4 Å². The SMILES string of the molecule is CNC(=O)c1ccccc1-c1ncc(-c2ccc(Br)cc2)o1. The molecule has 0 saturated carbocycles. The number of aromatic nitrogens is 1. The van der Waals surface area contributed by atoms with E-state index >= 15 is 0 Å². The number of oxazole rings is 1. The minimum absolute atomic E-state index is 0.168. The van der Waals surface area contributed by atoms with Crippen molar-refractivity contribution in [1.82, 2.24) is 10.3 Å². The van der Waals surface area contributed by atoms with E-state index in [4.69, 9.17) is 4.42 Å². The van der Waals surface area contributed by atoms with Crippen molar-refractivity contribution in [1.29, 1.82) is 0 Å². The molecule has 3 aromatic rings. The zero-order chi connectivity index (χ0) is 15.5. The van der Waals surface area contributed by atoms with E-state index in [9.17, 15) is 4.79 Å². The Labute approximate surface area is 136 Å². The summed E-state index contributed by atoms with van der Waals surface area (Å²) in [6.45, 7) is 0. The Morgan fingerprint density at radius 1 is 1.14 bits per heavy atom. The van der Waals surface area contributed by atoms with Gasteiger partial charge in [-0.2, -0.15) is 0 Å². The van der Waals surface area contributed by atoms with Gasteiger partial charge in [-0.3, -0.25) is 4.79 Å². The van der Waals surface area contributed by atoms with Crippen molar-refractivity contribution in [2.75, 3.05) is 7.05 Å². The molecule has 0 aliphatic heterocycles. The molecule has 0 saturated heterocycles. The first-order valence-corrected chi connectivity index (χ1v) is 7.51. The third-order valence-electron chi connectivity index (χ3n) is 3.26. The smallest absolute Gasteiger partial charge is 0.251 e. The molecule has 0 radical (unpaired) electrons. The fourth-order valence-electron chi connectivity index (χ4n) is 2.15. The maximum Gasteiger partial charge on any atom is 0.251 e. The van der Waals surface area contributed by atoms with Gasteiger partial charge in [0.25, 0.3) is 5.91 Å². The maximum absolute atomic E-state index is 11.9. The van der Waals surface area contributed by atoms with Gasteiger partial charge in [-0.25, -0.2) is 4.98 Å². The lowest BCUT2D eigenvalue weighted by Gasteiger charge is -2.04. The summed E-state index contributed by atoms with van der Waals surface area (Å²) in [5, 5.41) is 2.62. The number of carbonyl (C=O) groups is 1. The van der Waals surface area contributed by atoms with Crippen molar-refractivity contribution in [3.63, 3.8) is 0 Å². The molecule has 0 aliphatic rings. The fourth-order valence-corrected chi connectivity index (χ4v) is 2.41. The van der Waals surface area contributed by atoms with Crippen LogP contribution >= 0.6 is 15.9 Å². The van der Waals surface area contributed by atoms with Crippen molar-refractivity contribution < 1.29 is 9.21 Å². The Bertz CT molecular complexity index is 810. The van der Waals surface area contributed by atoms with Crippen LogP contribution in [0.3, 0.4) is 0 Å². The van der Waals surface area contributed by atoms with Gasteiger partial charge in [-0.15, -0.1) is 0 Å². The Morgan fingerprint density at radius 3 is 2.59 bits per heavy atom. The van der Waals surface area contributed by atoms with Crippen LogP contribution in [-0.2, 0) is 0 Å². The molecule has 1 aromatic heterocycles. The van der Waals surface area contributed by atoms with E-state index < -0.39 is 0 Å². The number of carbonyl (C=O) groups excluding carboxylic acids is 1. The molecule has 3 rings (SSSR count). The average Bonchev–Trinajstić information content (AvgIpc) is 3.04. The van der Waals surface area contributed by atoms with Crippen LogP contribution in [0.5, 0.6) is 0 Å². The van der Waals surface area contributed by atoms with Crippen molar-refractivity contribution in [2.24, 2.45) is 0 Å². The number of rotatable bonds is 3. The molecule has 110 valence electrons. The highest BCUT2D eigenvalue weighted by Crippen LogP contribution is 2.28. The highest BCUT2D eigenvalue weighted by Gasteiger charge is 2.15. The summed E-state index contributed by atoms with van der Waals surface area (Å²) in [5.41, 5.74) is 2.14. The second kappa shape index (κ2) is 6.15. The first kappa shape index (κ1) is 14.5. The van der Waals surface area contributed by atoms with Gasteiger partial charge in [0.2, 0.25) is 5.89 Å². The van der Waals surface area contributed by atoms with E-state index in [1.807, 2.05) is 42.5 Å². The van der Waals surface area contributed by atoms with Crippen molar-refractivity contribution in [2.45, 2.75) is 0 Å². The molecule has 1 amide bonds. The van der Waals surface area contributed by atoms with E-state index in [1.165, 1.54) is 0 Å². The Balaban J connectivity index is 2.01. The molecule has 0 spiro atoms. The zero-order valence-electron chi connectivity index (χ0n) is 11.8. The molecule has 0 unspecified atom stereocenters. The number of nitrogens with one attached hydrogen (secondary N) is 1. The third-order valence-corrected chi connectivity index (χ3v) is 3.79. The molecule has 2 aromatic carbocycles. The van der Waals surface area contributed by atoms with Crippen molar-refractivity contribution in [3.05, 3.63) is 64.8 Å². The minimum atomic E-state index is -0.168. The molecule has 4 nitrogen and oxygen atoms in total. The van der Waals surface area contributed by atoms with Gasteiger partial charge >= 0.3 is 0 Å². The van der Waals surface area contributed by atoms with Crippen LogP contribution in [0.4, 0.5) is 0 Å². The van der Waals surface area contributed by atoms with Crippen molar-refractivity contribution >= 4 is 21.8 Å². The molecule has 5 heteroatoms. The van der Waals surface area contributed by atoms with Gasteiger partial charge in [0.15, 0.2) is 5.76 Å². The van der Waals surface area contributed by atoms with Gasteiger partial charge in [0.05, 0.1) is 11.8 Å². The molecule has 1 heterocycles. The van der Waals surface area contributed by atoms with Gasteiger partial charge in [-0.05, 0) is 24.3 Å². The summed E-state index contributed by atoms with van der Waals surface area (Å²) in [6.07, 6.45) is 1.67. The summed E-state index contributed by atoms with van der Waals surface area (Å²) in [6, 6.07) is 15.0. The number of amides is 1. The molecule has 0 atom stereocenters. The van der Waals surface area contributed by atoms with Gasteiger partial charge < -0.3 is 9.73 Å². The van der Waals surface area contributed by atoms with Gasteiger partial charge in [0.1, 0.15) is 0 Å². The zero-order valence-corrected chi connectivity index (χ0v) is 13.4. The molecule has 1 N–H and O–H groups in total. The quantitative estimate of drug-likeness (QED) is 0.767. The topological polar surface area (TPSA) is 55.1 Å². The Kier molecular flexibility index (Phi) is 4.06. The standard InChI is InChI=1S/C17H13BrN2O2/c1-19-16(21)13-4-2-3-5-14(13)17-20-10-15(22-17)11-6-8-12(18)9-7-11/h2-10H,1H3,(H,19,21). The van der Waals surface area contributed by atoms with Gasteiger partial charge in [-0.1, -0.05) is 40.2 Å². The summed E-state index contributed by atoms with van der Waals surface area (Å²) in [5.74, 6) is 0.922. The summed E-state index contributed by atoms with van der Waals surface area (Å²) >= 11 is 3.40. The molecule has 0 fully saturated rings.